The second-order valence-corrected chi connectivity index (χ2v) is 7.26. The molecule has 0 spiro atoms. The van der Waals surface area contributed by atoms with Crippen LogP contribution in [-0.2, 0) is 0 Å². The first-order valence-corrected chi connectivity index (χ1v) is 9.34. The van der Waals surface area contributed by atoms with Crippen LogP contribution >= 0.6 is 23.2 Å². The lowest BCUT2D eigenvalue weighted by Crippen LogP contribution is -2.35. The zero-order chi connectivity index (χ0) is 17.8. The molecular formula is C20H22Cl2N2O. The molecule has 2 aromatic carbocycles. The monoisotopic (exact) mass is 376 g/mol. The number of hydrogen-bond donors (Lipinski definition) is 0. The number of amides is 1. The zero-order valence-electron chi connectivity index (χ0n) is 14.3. The molecule has 0 bridgehead atoms. The van der Waals surface area contributed by atoms with Crippen molar-refractivity contribution in [1.29, 1.82) is 0 Å². The molecule has 2 aromatic rings. The Kier molecular flexibility index (Phi) is 6.00. The van der Waals surface area contributed by atoms with Crippen LogP contribution in [0.5, 0.6) is 0 Å². The third-order valence-electron chi connectivity index (χ3n) is 4.69. The predicted octanol–water partition coefficient (Wildman–Crippen LogP) is 4.83. The van der Waals surface area contributed by atoms with Gasteiger partial charge in [0, 0.05) is 25.7 Å². The molecule has 0 N–H and O–H groups in total. The molecular weight excluding hydrogens is 355 g/mol. The smallest absolute Gasteiger partial charge is 0.254 e. The van der Waals surface area contributed by atoms with Crippen LogP contribution in [0, 0.1) is 0 Å². The summed E-state index contributed by atoms with van der Waals surface area (Å²) in [4.78, 5) is 17.2. The minimum Gasteiger partial charge on any atom is -0.340 e. The van der Waals surface area contributed by atoms with E-state index in [-0.39, 0.29) is 5.91 Å². The molecule has 3 rings (SSSR count). The van der Waals surface area contributed by atoms with Crippen molar-refractivity contribution in [2.24, 2.45) is 0 Å². The molecule has 1 amide bonds. The van der Waals surface area contributed by atoms with Crippen LogP contribution < -0.4 is 0 Å². The molecule has 0 unspecified atom stereocenters. The van der Waals surface area contributed by atoms with Gasteiger partial charge in [0.25, 0.3) is 5.91 Å². The van der Waals surface area contributed by atoms with Crippen LogP contribution in [0.3, 0.4) is 0 Å². The molecule has 0 aromatic heterocycles. The van der Waals surface area contributed by atoms with Crippen molar-refractivity contribution in [2.75, 3.05) is 33.2 Å². The van der Waals surface area contributed by atoms with E-state index in [1.54, 1.807) is 17.0 Å². The largest absolute Gasteiger partial charge is 0.340 e. The Balaban J connectivity index is 1.79. The van der Waals surface area contributed by atoms with Crippen molar-refractivity contribution >= 4 is 29.1 Å². The number of halogens is 2. The van der Waals surface area contributed by atoms with Gasteiger partial charge in [-0.05, 0) is 55.3 Å². The van der Waals surface area contributed by atoms with Crippen molar-refractivity contribution in [3.63, 3.8) is 0 Å². The van der Waals surface area contributed by atoms with Crippen molar-refractivity contribution in [1.82, 2.24) is 9.80 Å². The van der Waals surface area contributed by atoms with E-state index in [1.807, 2.05) is 37.4 Å². The SMILES string of the molecule is CN(CCN1CCCC1)C(=O)c1ccccc1-c1ccc(Cl)c(Cl)c1. The molecule has 25 heavy (non-hydrogen) atoms. The van der Waals surface area contributed by atoms with E-state index in [1.165, 1.54) is 12.8 Å². The average molecular weight is 377 g/mol. The van der Waals surface area contributed by atoms with E-state index in [0.29, 0.717) is 15.6 Å². The molecule has 1 saturated heterocycles. The van der Waals surface area contributed by atoms with Gasteiger partial charge in [-0.25, -0.2) is 0 Å². The Morgan fingerprint density at radius 1 is 1.08 bits per heavy atom. The number of rotatable bonds is 5. The predicted molar refractivity (Wildman–Crippen MR) is 105 cm³/mol. The van der Waals surface area contributed by atoms with Gasteiger partial charge in [0.2, 0.25) is 0 Å². The Morgan fingerprint density at radius 3 is 2.52 bits per heavy atom. The van der Waals surface area contributed by atoms with Crippen molar-refractivity contribution < 1.29 is 4.79 Å². The number of carbonyl (C=O) groups is 1. The minimum atomic E-state index is 0.0286. The van der Waals surface area contributed by atoms with Gasteiger partial charge >= 0.3 is 0 Å². The summed E-state index contributed by atoms with van der Waals surface area (Å²) in [6, 6.07) is 13.1. The van der Waals surface area contributed by atoms with Gasteiger partial charge < -0.3 is 9.80 Å². The van der Waals surface area contributed by atoms with E-state index in [0.717, 1.165) is 37.3 Å². The number of hydrogen-bond acceptors (Lipinski definition) is 2. The van der Waals surface area contributed by atoms with Crippen LogP contribution in [0.2, 0.25) is 10.0 Å². The molecule has 1 fully saturated rings. The number of benzene rings is 2. The Labute approximate surface area is 159 Å². The number of carbonyl (C=O) groups excluding carboxylic acids is 1. The summed E-state index contributed by atoms with van der Waals surface area (Å²) >= 11 is 12.2. The summed E-state index contributed by atoms with van der Waals surface area (Å²) in [7, 11) is 1.87. The molecule has 0 radical (unpaired) electrons. The van der Waals surface area contributed by atoms with Gasteiger partial charge in [-0.2, -0.15) is 0 Å². The second-order valence-electron chi connectivity index (χ2n) is 6.45. The normalized spacial score (nSPS) is 14.7. The summed E-state index contributed by atoms with van der Waals surface area (Å²) in [5, 5.41) is 1.00. The second kappa shape index (κ2) is 8.22. The molecule has 3 nitrogen and oxygen atoms in total. The van der Waals surface area contributed by atoms with Gasteiger partial charge in [-0.15, -0.1) is 0 Å². The number of nitrogens with zero attached hydrogens (tertiary/aromatic N) is 2. The summed E-state index contributed by atoms with van der Waals surface area (Å²) in [6.45, 7) is 3.94. The molecule has 1 aliphatic rings. The maximum Gasteiger partial charge on any atom is 0.254 e. The van der Waals surface area contributed by atoms with E-state index < -0.39 is 0 Å². The lowest BCUT2D eigenvalue weighted by molar-refractivity contribution is 0.0783. The highest BCUT2D eigenvalue weighted by molar-refractivity contribution is 6.42. The lowest BCUT2D eigenvalue weighted by atomic mass is 9.99. The molecule has 0 aliphatic carbocycles. The first-order valence-electron chi connectivity index (χ1n) is 8.58. The molecule has 5 heteroatoms. The van der Waals surface area contributed by atoms with Crippen LogP contribution in [0.1, 0.15) is 23.2 Å². The molecule has 1 aliphatic heterocycles. The molecule has 0 atom stereocenters. The third kappa shape index (κ3) is 4.35. The van der Waals surface area contributed by atoms with Crippen molar-refractivity contribution in [2.45, 2.75) is 12.8 Å². The summed E-state index contributed by atoms with van der Waals surface area (Å²) < 4.78 is 0. The lowest BCUT2D eigenvalue weighted by Gasteiger charge is -2.22. The highest BCUT2D eigenvalue weighted by Crippen LogP contribution is 2.30. The van der Waals surface area contributed by atoms with E-state index in [9.17, 15) is 4.79 Å². The van der Waals surface area contributed by atoms with Gasteiger partial charge in [0.15, 0.2) is 0 Å². The van der Waals surface area contributed by atoms with E-state index >= 15 is 0 Å². The first kappa shape index (κ1) is 18.2. The van der Waals surface area contributed by atoms with Gasteiger partial charge in [0.1, 0.15) is 0 Å². The Hall–Kier alpha value is -1.55. The minimum absolute atomic E-state index is 0.0286. The van der Waals surface area contributed by atoms with Gasteiger partial charge in [0.05, 0.1) is 10.0 Å². The molecule has 132 valence electrons. The topological polar surface area (TPSA) is 23.6 Å². The highest BCUT2D eigenvalue weighted by Gasteiger charge is 2.18. The Morgan fingerprint density at radius 2 is 1.80 bits per heavy atom. The number of likely N-dealkylation sites (N-methyl/N-ethyl adjacent to an activating group) is 1. The Bertz CT molecular complexity index is 757. The van der Waals surface area contributed by atoms with Crippen LogP contribution in [0.25, 0.3) is 11.1 Å². The van der Waals surface area contributed by atoms with E-state index in [4.69, 9.17) is 23.2 Å². The van der Waals surface area contributed by atoms with Crippen molar-refractivity contribution in [3.05, 3.63) is 58.1 Å². The summed E-state index contributed by atoms with van der Waals surface area (Å²) in [5.74, 6) is 0.0286. The highest BCUT2D eigenvalue weighted by atomic mass is 35.5. The van der Waals surface area contributed by atoms with Crippen LogP contribution in [0.4, 0.5) is 0 Å². The maximum absolute atomic E-state index is 12.9. The maximum atomic E-state index is 12.9. The third-order valence-corrected chi connectivity index (χ3v) is 5.42. The average Bonchev–Trinajstić information content (AvgIpc) is 3.15. The summed E-state index contributed by atoms with van der Waals surface area (Å²) in [6.07, 6.45) is 2.52. The molecule has 1 heterocycles. The zero-order valence-corrected chi connectivity index (χ0v) is 15.9. The summed E-state index contributed by atoms with van der Waals surface area (Å²) in [5.41, 5.74) is 2.45. The fraction of sp³-hybridized carbons (Fsp3) is 0.350. The molecule has 0 saturated carbocycles. The van der Waals surface area contributed by atoms with E-state index in [2.05, 4.69) is 4.90 Å². The first-order chi connectivity index (χ1) is 12.1. The van der Waals surface area contributed by atoms with Crippen molar-refractivity contribution in [3.8, 4) is 11.1 Å². The fourth-order valence-electron chi connectivity index (χ4n) is 3.19. The standard InChI is InChI=1S/C20H22Cl2N2O/c1-23(12-13-24-10-4-5-11-24)20(25)17-7-3-2-6-16(17)15-8-9-18(21)19(22)14-15/h2-3,6-9,14H,4-5,10-13H2,1H3. The number of likely N-dealkylation sites (tertiary alicyclic amines) is 1. The van der Waals surface area contributed by atoms with Gasteiger partial charge in [-0.3, -0.25) is 4.79 Å². The quantitative estimate of drug-likeness (QED) is 0.745. The van der Waals surface area contributed by atoms with Crippen LogP contribution in [-0.4, -0.2) is 48.9 Å². The fourth-order valence-corrected chi connectivity index (χ4v) is 3.49. The van der Waals surface area contributed by atoms with Crippen LogP contribution in [0.15, 0.2) is 42.5 Å². The van der Waals surface area contributed by atoms with Gasteiger partial charge in [-0.1, -0.05) is 47.5 Å².